The third kappa shape index (κ3) is 5.89. The normalized spacial score (nSPS) is 20.6. The van der Waals surface area contributed by atoms with E-state index in [1.165, 1.54) is 12.0 Å². The smallest absolute Gasteiger partial charge is 0.253 e. The maximum Gasteiger partial charge on any atom is 0.253 e. The molecule has 0 bridgehead atoms. The molecule has 0 radical (unpaired) electrons. The fourth-order valence-electron chi connectivity index (χ4n) is 6.19. The summed E-state index contributed by atoms with van der Waals surface area (Å²) >= 11 is 0. The van der Waals surface area contributed by atoms with E-state index in [1.54, 1.807) is 0 Å². The van der Waals surface area contributed by atoms with E-state index in [9.17, 15) is 14.7 Å². The van der Waals surface area contributed by atoms with Crippen molar-refractivity contribution in [2.45, 2.75) is 83.1 Å². The van der Waals surface area contributed by atoms with Crippen LogP contribution in [-0.4, -0.2) is 71.3 Å². The zero-order valence-electron chi connectivity index (χ0n) is 22.6. The van der Waals surface area contributed by atoms with Crippen molar-refractivity contribution in [2.75, 3.05) is 31.1 Å². The molecule has 0 aliphatic carbocycles. The molecule has 2 fully saturated rings. The fraction of sp³-hybridized carbons (Fsp3) is 0.548. The van der Waals surface area contributed by atoms with Crippen LogP contribution in [0.3, 0.4) is 0 Å². The number of aryl methyl sites for hydroxylation is 1. The molecule has 3 heterocycles. The van der Waals surface area contributed by atoms with Crippen molar-refractivity contribution in [3.05, 3.63) is 59.7 Å². The number of fused-ring (bicyclic) bond motifs is 1. The van der Waals surface area contributed by atoms with Crippen LogP contribution in [0.4, 0.5) is 5.69 Å². The number of hydrogen-bond donors (Lipinski definition) is 1. The molecule has 2 amide bonds. The lowest BCUT2D eigenvalue weighted by molar-refractivity contribution is -0.119. The van der Waals surface area contributed by atoms with E-state index in [4.69, 9.17) is 4.74 Å². The average Bonchev–Trinajstić information content (AvgIpc) is 2.97. The van der Waals surface area contributed by atoms with Crippen molar-refractivity contribution in [1.29, 1.82) is 0 Å². The third-order valence-electron chi connectivity index (χ3n) is 8.30. The van der Waals surface area contributed by atoms with E-state index in [1.807, 2.05) is 52.3 Å². The highest BCUT2D eigenvalue weighted by Gasteiger charge is 2.34. The molecule has 7 heteroatoms. The number of anilines is 1. The van der Waals surface area contributed by atoms with Crippen molar-refractivity contribution in [3.63, 3.8) is 0 Å². The Balaban J connectivity index is 1.18. The fourth-order valence-corrected chi connectivity index (χ4v) is 6.19. The number of rotatable bonds is 8. The highest BCUT2D eigenvalue weighted by Crippen LogP contribution is 2.32. The van der Waals surface area contributed by atoms with Crippen molar-refractivity contribution in [3.8, 4) is 5.75 Å². The molecule has 2 saturated heterocycles. The molecular formula is C31H41N3O4. The number of amides is 2. The number of hydrogen-bond acceptors (Lipinski definition) is 5. The van der Waals surface area contributed by atoms with Gasteiger partial charge in [-0.15, -0.1) is 0 Å². The summed E-state index contributed by atoms with van der Waals surface area (Å²) in [6.45, 7) is 5.19. The van der Waals surface area contributed by atoms with Gasteiger partial charge in [0.2, 0.25) is 5.91 Å². The monoisotopic (exact) mass is 519 g/mol. The maximum absolute atomic E-state index is 13.3. The molecule has 0 aromatic heterocycles. The minimum Gasteiger partial charge on any atom is -0.486 e. The van der Waals surface area contributed by atoms with Gasteiger partial charge in [0.15, 0.2) is 0 Å². The van der Waals surface area contributed by atoms with Gasteiger partial charge in [-0.1, -0.05) is 38.0 Å². The molecule has 5 rings (SSSR count). The summed E-state index contributed by atoms with van der Waals surface area (Å²) in [6, 6.07) is 15.6. The van der Waals surface area contributed by atoms with Gasteiger partial charge in [-0.3, -0.25) is 14.5 Å². The van der Waals surface area contributed by atoms with Gasteiger partial charge < -0.3 is 19.6 Å². The number of aliphatic hydroxyl groups is 1. The highest BCUT2D eigenvalue weighted by molar-refractivity contribution is 5.97. The van der Waals surface area contributed by atoms with E-state index in [2.05, 4.69) is 17.9 Å². The molecule has 3 aliphatic rings. The lowest BCUT2D eigenvalue weighted by atomic mass is 9.95. The van der Waals surface area contributed by atoms with Crippen molar-refractivity contribution in [1.82, 2.24) is 9.80 Å². The number of para-hydroxylation sites is 1. The Bertz CT molecular complexity index is 1090. The molecule has 1 N–H and O–H groups in total. The molecule has 3 aliphatic heterocycles. The van der Waals surface area contributed by atoms with Gasteiger partial charge in [-0.2, -0.15) is 0 Å². The number of carbonyl (C=O) groups excluding carboxylic acids is 2. The summed E-state index contributed by atoms with van der Waals surface area (Å²) in [5.74, 6) is 0.881. The van der Waals surface area contributed by atoms with Gasteiger partial charge in [-0.05, 0) is 74.4 Å². The number of ether oxygens (including phenoxy) is 1. The van der Waals surface area contributed by atoms with Gasteiger partial charge in [-0.25, -0.2) is 0 Å². The highest BCUT2D eigenvalue weighted by atomic mass is 16.5. The largest absolute Gasteiger partial charge is 0.486 e. The second kappa shape index (κ2) is 12.3. The first-order chi connectivity index (χ1) is 18.5. The van der Waals surface area contributed by atoms with Crippen LogP contribution in [0.2, 0.25) is 0 Å². The number of likely N-dealkylation sites (tertiary alicyclic amines) is 2. The SMILES string of the molecule is CCCC(Oc1ccc(C(=O)N2CCC(N3C(=O)CCc4ccccc43)CC2)cc1)C(O)N1CCCCC1. The van der Waals surface area contributed by atoms with E-state index in [0.29, 0.717) is 30.8 Å². The van der Waals surface area contributed by atoms with Crippen LogP contribution in [-0.2, 0) is 11.2 Å². The van der Waals surface area contributed by atoms with E-state index in [0.717, 1.165) is 63.7 Å². The molecule has 2 aromatic rings. The topological polar surface area (TPSA) is 73.3 Å². The molecule has 2 unspecified atom stereocenters. The molecule has 204 valence electrons. The zero-order valence-corrected chi connectivity index (χ0v) is 22.6. The quantitative estimate of drug-likeness (QED) is 0.551. The Kier molecular flexibility index (Phi) is 8.65. The first-order valence-electron chi connectivity index (χ1n) is 14.4. The van der Waals surface area contributed by atoms with E-state index < -0.39 is 6.23 Å². The van der Waals surface area contributed by atoms with Crippen LogP contribution in [0.1, 0.15) is 74.2 Å². The van der Waals surface area contributed by atoms with Gasteiger partial charge in [0, 0.05) is 49.9 Å². The minimum absolute atomic E-state index is 0.0128. The van der Waals surface area contributed by atoms with Crippen molar-refractivity contribution < 1.29 is 19.4 Å². The van der Waals surface area contributed by atoms with Gasteiger partial charge in [0.25, 0.3) is 5.91 Å². The first kappa shape index (κ1) is 26.7. The molecule has 0 spiro atoms. The maximum atomic E-state index is 13.3. The van der Waals surface area contributed by atoms with Gasteiger partial charge in [0.05, 0.1) is 0 Å². The Labute approximate surface area is 226 Å². The zero-order chi connectivity index (χ0) is 26.5. The Morgan fingerprint density at radius 2 is 1.68 bits per heavy atom. The lowest BCUT2D eigenvalue weighted by Crippen LogP contribution is -2.50. The second-order valence-corrected chi connectivity index (χ2v) is 10.9. The number of carbonyl (C=O) groups is 2. The Morgan fingerprint density at radius 1 is 0.974 bits per heavy atom. The van der Waals surface area contributed by atoms with Crippen LogP contribution in [0.5, 0.6) is 5.75 Å². The number of aliphatic hydroxyl groups excluding tert-OH is 1. The van der Waals surface area contributed by atoms with Crippen LogP contribution in [0.15, 0.2) is 48.5 Å². The standard InChI is InChI=1S/C31H41N3O4/c1-2-8-28(31(37)32-19-6-3-7-20-32)38-26-14-11-24(12-15-26)30(36)33-21-17-25(18-22-33)34-27-10-5-4-9-23(27)13-16-29(34)35/h4-5,9-12,14-15,25,28,31,37H,2-3,6-8,13,16-22H2,1H3. The van der Waals surface area contributed by atoms with Gasteiger partial charge >= 0.3 is 0 Å². The predicted octanol–water partition coefficient (Wildman–Crippen LogP) is 4.62. The van der Waals surface area contributed by atoms with Gasteiger partial charge in [0.1, 0.15) is 18.1 Å². The summed E-state index contributed by atoms with van der Waals surface area (Å²) in [7, 11) is 0. The summed E-state index contributed by atoms with van der Waals surface area (Å²) in [5.41, 5.74) is 2.91. The van der Waals surface area contributed by atoms with E-state index >= 15 is 0 Å². The summed E-state index contributed by atoms with van der Waals surface area (Å²) in [5, 5.41) is 10.9. The summed E-state index contributed by atoms with van der Waals surface area (Å²) < 4.78 is 6.22. The first-order valence-corrected chi connectivity index (χ1v) is 14.4. The molecule has 0 saturated carbocycles. The lowest BCUT2D eigenvalue weighted by Gasteiger charge is -2.41. The number of benzene rings is 2. The van der Waals surface area contributed by atoms with Crippen LogP contribution in [0.25, 0.3) is 0 Å². The minimum atomic E-state index is -0.614. The molecular weight excluding hydrogens is 478 g/mol. The molecule has 2 aromatic carbocycles. The molecule has 2 atom stereocenters. The molecule has 38 heavy (non-hydrogen) atoms. The van der Waals surface area contributed by atoms with Crippen LogP contribution in [0, 0.1) is 0 Å². The second-order valence-electron chi connectivity index (χ2n) is 10.9. The van der Waals surface area contributed by atoms with Crippen molar-refractivity contribution in [2.24, 2.45) is 0 Å². The van der Waals surface area contributed by atoms with Crippen molar-refractivity contribution >= 4 is 17.5 Å². The van der Waals surface area contributed by atoms with Crippen LogP contribution < -0.4 is 9.64 Å². The van der Waals surface area contributed by atoms with Crippen LogP contribution >= 0.6 is 0 Å². The van der Waals surface area contributed by atoms with E-state index in [-0.39, 0.29) is 24.0 Å². The Hall–Kier alpha value is -2.90. The number of nitrogens with zero attached hydrogens (tertiary/aromatic N) is 3. The predicted molar refractivity (Wildman–Crippen MR) is 148 cm³/mol. The molecule has 7 nitrogen and oxygen atoms in total. The average molecular weight is 520 g/mol. The number of piperidine rings is 2. The summed E-state index contributed by atoms with van der Waals surface area (Å²) in [6.07, 6.45) is 7.17. The third-order valence-corrected chi connectivity index (χ3v) is 8.30. The summed E-state index contributed by atoms with van der Waals surface area (Å²) in [4.78, 5) is 32.0. The Morgan fingerprint density at radius 3 is 2.39 bits per heavy atom.